The molecule has 1 aliphatic carbocycles. The van der Waals surface area contributed by atoms with Gasteiger partial charge in [0.05, 0.1) is 11.2 Å². The Morgan fingerprint density at radius 3 is 2.62 bits per heavy atom. The molecule has 1 aliphatic rings. The molecule has 102 valence electrons. The number of rotatable bonds is 1. The molecular weight excluding hydrogens is 258 g/mol. The molecule has 0 aliphatic heterocycles. The maximum atomic E-state index is 12.2. The average molecular weight is 273 g/mol. The van der Waals surface area contributed by atoms with Crippen molar-refractivity contribution in [3.63, 3.8) is 0 Å². The van der Waals surface area contributed by atoms with E-state index in [1.54, 1.807) is 6.92 Å². The summed E-state index contributed by atoms with van der Waals surface area (Å²) >= 11 is 0. The minimum absolute atomic E-state index is 0.129. The number of carbonyl (C=O) groups excluding carboxylic acids is 1. The lowest BCUT2D eigenvalue weighted by Crippen LogP contribution is -2.12. The van der Waals surface area contributed by atoms with E-state index in [2.05, 4.69) is 18.2 Å². The van der Waals surface area contributed by atoms with Crippen LogP contribution in [0, 0.1) is 0 Å². The number of benzene rings is 2. The predicted octanol–water partition coefficient (Wildman–Crippen LogP) is 4.20. The molecule has 21 heavy (non-hydrogen) atoms. The molecule has 0 unspecified atom stereocenters. The molecule has 0 radical (unpaired) electrons. The molecule has 3 aromatic rings. The molecule has 0 N–H and O–H groups in total. The Balaban J connectivity index is 2.15. The van der Waals surface area contributed by atoms with E-state index < -0.39 is 0 Å². The molecule has 4 rings (SSSR count). The second-order valence-corrected chi connectivity index (χ2v) is 5.54. The first kappa shape index (κ1) is 12.3. The third-order valence-electron chi connectivity index (χ3n) is 4.26. The minimum Gasteiger partial charge on any atom is -0.294 e. The molecule has 2 heteroatoms. The average Bonchev–Trinajstić information content (AvgIpc) is 2.52. The standard InChI is InChI=1S/C19H15NO/c1-12(21)18-15-8-4-5-9-17(15)20-19-14-7-3-2-6-13(14)10-11-16(18)19/h2-9H,10-11H2,1H3. The van der Waals surface area contributed by atoms with Gasteiger partial charge in [-0.05, 0) is 37.0 Å². The van der Waals surface area contributed by atoms with Gasteiger partial charge in [0.25, 0.3) is 0 Å². The van der Waals surface area contributed by atoms with Crippen LogP contribution in [0.5, 0.6) is 0 Å². The highest BCUT2D eigenvalue weighted by Gasteiger charge is 2.23. The number of hydrogen-bond acceptors (Lipinski definition) is 2. The Morgan fingerprint density at radius 1 is 1.00 bits per heavy atom. The van der Waals surface area contributed by atoms with Crippen LogP contribution in [-0.4, -0.2) is 10.8 Å². The number of para-hydroxylation sites is 1. The van der Waals surface area contributed by atoms with Crippen LogP contribution in [0.3, 0.4) is 0 Å². The molecule has 0 amide bonds. The number of pyridine rings is 1. The topological polar surface area (TPSA) is 30.0 Å². The number of aryl methyl sites for hydroxylation is 1. The van der Waals surface area contributed by atoms with Gasteiger partial charge >= 0.3 is 0 Å². The zero-order valence-electron chi connectivity index (χ0n) is 11.9. The molecule has 0 fully saturated rings. The van der Waals surface area contributed by atoms with E-state index in [0.717, 1.165) is 40.6 Å². The quantitative estimate of drug-likeness (QED) is 0.622. The van der Waals surface area contributed by atoms with Crippen molar-refractivity contribution in [3.8, 4) is 11.3 Å². The van der Waals surface area contributed by atoms with Gasteiger partial charge in [0.15, 0.2) is 5.78 Å². The van der Waals surface area contributed by atoms with E-state index in [1.165, 1.54) is 11.1 Å². The number of ketones is 1. The van der Waals surface area contributed by atoms with E-state index >= 15 is 0 Å². The normalized spacial score (nSPS) is 12.8. The van der Waals surface area contributed by atoms with Crippen molar-refractivity contribution >= 4 is 16.7 Å². The molecular formula is C19H15NO. The van der Waals surface area contributed by atoms with E-state index in [4.69, 9.17) is 4.98 Å². The third-order valence-corrected chi connectivity index (χ3v) is 4.26. The molecule has 0 bridgehead atoms. The molecule has 0 saturated heterocycles. The summed E-state index contributed by atoms with van der Waals surface area (Å²) in [6.07, 6.45) is 1.86. The number of aromatic nitrogens is 1. The van der Waals surface area contributed by atoms with Gasteiger partial charge in [-0.1, -0.05) is 42.5 Å². The number of hydrogen-bond donors (Lipinski definition) is 0. The zero-order chi connectivity index (χ0) is 14.4. The first-order chi connectivity index (χ1) is 10.3. The molecule has 1 heterocycles. The highest BCUT2D eigenvalue weighted by molar-refractivity contribution is 6.09. The van der Waals surface area contributed by atoms with Gasteiger partial charge in [-0.3, -0.25) is 4.79 Å². The molecule has 2 aromatic carbocycles. The Bertz CT molecular complexity index is 880. The maximum absolute atomic E-state index is 12.2. The van der Waals surface area contributed by atoms with Crippen molar-refractivity contribution < 1.29 is 4.79 Å². The lowest BCUT2D eigenvalue weighted by molar-refractivity contribution is 0.101. The summed E-state index contributed by atoms with van der Waals surface area (Å²) in [6.45, 7) is 1.66. The maximum Gasteiger partial charge on any atom is 0.160 e. The zero-order valence-corrected chi connectivity index (χ0v) is 11.9. The minimum atomic E-state index is 0.129. The Hall–Kier alpha value is -2.48. The van der Waals surface area contributed by atoms with Gasteiger partial charge in [-0.2, -0.15) is 0 Å². The number of carbonyl (C=O) groups is 1. The summed E-state index contributed by atoms with van der Waals surface area (Å²) in [5.74, 6) is 0.129. The number of nitrogens with zero attached hydrogens (tertiary/aromatic N) is 1. The fourth-order valence-electron chi connectivity index (χ4n) is 3.35. The molecule has 1 aromatic heterocycles. The molecule has 2 nitrogen and oxygen atoms in total. The van der Waals surface area contributed by atoms with Crippen LogP contribution in [0.15, 0.2) is 48.5 Å². The van der Waals surface area contributed by atoms with Gasteiger partial charge in [0.1, 0.15) is 0 Å². The van der Waals surface area contributed by atoms with Crippen molar-refractivity contribution in [2.45, 2.75) is 19.8 Å². The smallest absolute Gasteiger partial charge is 0.160 e. The second kappa shape index (κ2) is 4.52. The van der Waals surface area contributed by atoms with E-state index in [1.807, 2.05) is 30.3 Å². The van der Waals surface area contributed by atoms with Crippen LogP contribution in [0.4, 0.5) is 0 Å². The summed E-state index contributed by atoms with van der Waals surface area (Å²) < 4.78 is 0. The Kier molecular flexibility index (Phi) is 2.64. The third kappa shape index (κ3) is 1.79. The van der Waals surface area contributed by atoms with Crippen LogP contribution >= 0.6 is 0 Å². The van der Waals surface area contributed by atoms with Crippen LogP contribution in [-0.2, 0) is 12.8 Å². The van der Waals surface area contributed by atoms with E-state index in [0.29, 0.717) is 0 Å². The first-order valence-electron chi connectivity index (χ1n) is 7.26. The predicted molar refractivity (Wildman–Crippen MR) is 84.6 cm³/mol. The lowest BCUT2D eigenvalue weighted by atomic mass is 9.84. The summed E-state index contributed by atoms with van der Waals surface area (Å²) in [5, 5.41) is 0.975. The van der Waals surface area contributed by atoms with Crippen molar-refractivity contribution in [3.05, 3.63) is 65.2 Å². The monoisotopic (exact) mass is 273 g/mol. The van der Waals surface area contributed by atoms with Crippen molar-refractivity contribution in [1.29, 1.82) is 0 Å². The fourth-order valence-corrected chi connectivity index (χ4v) is 3.35. The van der Waals surface area contributed by atoms with Crippen molar-refractivity contribution in [2.75, 3.05) is 0 Å². The summed E-state index contributed by atoms with van der Waals surface area (Å²) in [4.78, 5) is 17.1. The number of fused-ring (bicyclic) bond motifs is 4. The summed E-state index contributed by atoms with van der Waals surface area (Å²) in [5.41, 5.74) is 6.35. The van der Waals surface area contributed by atoms with Gasteiger partial charge in [-0.15, -0.1) is 0 Å². The van der Waals surface area contributed by atoms with Crippen LogP contribution in [0.2, 0.25) is 0 Å². The van der Waals surface area contributed by atoms with Gasteiger partial charge in [-0.25, -0.2) is 4.98 Å². The van der Waals surface area contributed by atoms with Gasteiger partial charge in [0, 0.05) is 16.5 Å². The SMILES string of the molecule is CC(=O)c1c2c(nc3ccccc13)-c1ccccc1CC2. The van der Waals surface area contributed by atoms with Crippen LogP contribution in [0.1, 0.15) is 28.4 Å². The first-order valence-corrected chi connectivity index (χ1v) is 7.26. The lowest BCUT2D eigenvalue weighted by Gasteiger charge is -2.22. The Morgan fingerprint density at radius 2 is 1.76 bits per heavy atom. The van der Waals surface area contributed by atoms with Crippen molar-refractivity contribution in [2.24, 2.45) is 0 Å². The fraction of sp³-hybridized carbons (Fsp3) is 0.158. The highest BCUT2D eigenvalue weighted by atomic mass is 16.1. The molecule has 0 spiro atoms. The molecule has 0 atom stereocenters. The highest BCUT2D eigenvalue weighted by Crippen LogP contribution is 2.36. The van der Waals surface area contributed by atoms with Crippen LogP contribution < -0.4 is 0 Å². The van der Waals surface area contributed by atoms with E-state index in [9.17, 15) is 4.79 Å². The number of Topliss-reactive ketones (excluding diaryl/α,β-unsaturated/α-hetero) is 1. The Labute approximate surface area is 123 Å². The van der Waals surface area contributed by atoms with Gasteiger partial charge in [0.2, 0.25) is 0 Å². The van der Waals surface area contributed by atoms with Gasteiger partial charge < -0.3 is 0 Å². The second-order valence-electron chi connectivity index (χ2n) is 5.54. The summed E-state index contributed by atoms with van der Waals surface area (Å²) in [7, 11) is 0. The van der Waals surface area contributed by atoms with E-state index in [-0.39, 0.29) is 5.78 Å². The largest absolute Gasteiger partial charge is 0.294 e. The van der Waals surface area contributed by atoms with Crippen molar-refractivity contribution in [1.82, 2.24) is 4.98 Å². The summed E-state index contributed by atoms with van der Waals surface area (Å²) in [6, 6.07) is 16.3. The molecule has 0 saturated carbocycles. The van der Waals surface area contributed by atoms with Crippen LogP contribution in [0.25, 0.3) is 22.2 Å².